The van der Waals surface area contributed by atoms with Crippen LogP contribution in [0.25, 0.3) is 0 Å². The van der Waals surface area contributed by atoms with Crippen molar-refractivity contribution in [2.45, 2.75) is 6.10 Å². The number of nitrogens with two attached hydrogens (primary N) is 1. The summed E-state index contributed by atoms with van der Waals surface area (Å²) in [6.07, 6.45) is 0.213. The Hall–Kier alpha value is -0.390. The molecular weight excluding hydrogens is 174 g/mol. The maximum Gasteiger partial charge on any atom is 0.163 e. The highest BCUT2D eigenvalue weighted by molar-refractivity contribution is 7.80. The van der Waals surface area contributed by atoms with Crippen LogP contribution in [0.4, 0.5) is 0 Å². The van der Waals surface area contributed by atoms with Gasteiger partial charge in [-0.25, -0.2) is 0 Å². The Morgan fingerprint density at radius 3 is 3.17 bits per heavy atom. The maximum atomic E-state index is 5.48. The van der Waals surface area contributed by atoms with Gasteiger partial charge in [-0.05, 0) is 19.3 Å². The van der Waals surface area contributed by atoms with E-state index in [9.17, 15) is 0 Å². The second kappa shape index (κ2) is 4.59. The van der Waals surface area contributed by atoms with E-state index >= 15 is 0 Å². The molecule has 5 heteroatoms. The lowest BCUT2D eigenvalue weighted by Crippen LogP contribution is -2.46. The minimum atomic E-state index is 0.213. The normalized spacial score (nSPS) is 25.2. The van der Waals surface area contributed by atoms with Gasteiger partial charge in [-0.3, -0.25) is 0 Å². The molecule has 1 unspecified atom stereocenters. The Labute approximate surface area is 78.0 Å². The lowest BCUT2D eigenvalue weighted by Gasteiger charge is -2.30. The van der Waals surface area contributed by atoms with E-state index in [2.05, 4.69) is 17.3 Å². The summed E-state index contributed by atoms with van der Waals surface area (Å²) in [5.74, 6) is 0. The second-order valence-electron chi connectivity index (χ2n) is 3.00. The highest BCUT2D eigenvalue weighted by Crippen LogP contribution is 2.00. The van der Waals surface area contributed by atoms with Gasteiger partial charge in [0.05, 0.1) is 12.7 Å². The van der Waals surface area contributed by atoms with Crippen molar-refractivity contribution in [2.24, 2.45) is 5.73 Å². The van der Waals surface area contributed by atoms with Crippen LogP contribution in [0, 0.1) is 0 Å². The van der Waals surface area contributed by atoms with Crippen LogP contribution in [-0.4, -0.2) is 49.4 Å². The molecule has 0 bridgehead atoms. The molecule has 0 saturated carbocycles. The molecule has 1 aliphatic heterocycles. The number of hydrogen-bond donors (Lipinski definition) is 2. The minimum Gasteiger partial charge on any atom is -0.376 e. The van der Waals surface area contributed by atoms with Gasteiger partial charge in [-0.2, -0.15) is 0 Å². The molecule has 0 radical (unpaired) electrons. The summed E-state index contributed by atoms with van der Waals surface area (Å²) in [7, 11) is 2.08. The smallest absolute Gasteiger partial charge is 0.163 e. The van der Waals surface area contributed by atoms with Crippen LogP contribution in [0.2, 0.25) is 0 Å². The standard InChI is InChI=1S/C7H15N3OS/c1-10-2-3-11-6(5-10)4-9-7(8)12/h6H,2-5H2,1H3,(H3,8,9,12). The lowest BCUT2D eigenvalue weighted by atomic mass is 10.3. The van der Waals surface area contributed by atoms with Crippen molar-refractivity contribution in [1.82, 2.24) is 10.2 Å². The zero-order chi connectivity index (χ0) is 8.97. The fraction of sp³-hybridized carbons (Fsp3) is 0.857. The topological polar surface area (TPSA) is 50.5 Å². The number of nitrogens with one attached hydrogen (secondary N) is 1. The van der Waals surface area contributed by atoms with Crippen LogP contribution in [0.15, 0.2) is 0 Å². The molecule has 0 aromatic heterocycles. The van der Waals surface area contributed by atoms with Crippen molar-refractivity contribution < 1.29 is 4.74 Å². The Morgan fingerprint density at radius 1 is 1.83 bits per heavy atom. The summed E-state index contributed by atoms with van der Waals surface area (Å²) in [5.41, 5.74) is 5.30. The lowest BCUT2D eigenvalue weighted by molar-refractivity contribution is -0.0159. The second-order valence-corrected chi connectivity index (χ2v) is 3.44. The molecule has 0 amide bonds. The molecule has 4 nitrogen and oxygen atoms in total. The third-order valence-electron chi connectivity index (χ3n) is 1.85. The minimum absolute atomic E-state index is 0.213. The van der Waals surface area contributed by atoms with Gasteiger partial charge in [0.1, 0.15) is 0 Å². The summed E-state index contributed by atoms with van der Waals surface area (Å²) >= 11 is 4.69. The number of likely N-dealkylation sites (N-methyl/N-ethyl adjacent to an activating group) is 1. The fourth-order valence-corrected chi connectivity index (χ4v) is 1.29. The van der Waals surface area contributed by atoms with Crippen molar-refractivity contribution in [3.8, 4) is 0 Å². The first kappa shape index (κ1) is 9.70. The third kappa shape index (κ3) is 3.34. The SMILES string of the molecule is CN1CCOC(CNC(N)=S)C1. The largest absolute Gasteiger partial charge is 0.376 e. The summed E-state index contributed by atoms with van der Waals surface area (Å²) in [4.78, 5) is 2.23. The number of rotatable bonds is 2. The summed E-state index contributed by atoms with van der Waals surface area (Å²) in [6, 6.07) is 0. The average molecular weight is 189 g/mol. The number of ether oxygens (including phenoxy) is 1. The van der Waals surface area contributed by atoms with E-state index in [0.29, 0.717) is 11.7 Å². The summed E-state index contributed by atoms with van der Waals surface area (Å²) in [5, 5.41) is 3.23. The summed E-state index contributed by atoms with van der Waals surface area (Å²) < 4.78 is 5.48. The summed E-state index contributed by atoms with van der Waals surface area (Å²) in [6.45, 7) is 3.44. The molecule has 0 aliphatic carbocycles. The predicted octanol–water partition coefficient (Wildman–Crippen LogP) is -0.850. The van der Waals surface area contributed by atoms with Crippen LogP contribution in [-0.2, 0) is 4.74 Å². The van der Waals surface area contributed by atoms with Gasteiger partial charge >= 0.3 is 0 Å². The molecule has 0 spiro atoms. The van der Waals surface area contributed by atoms with E-state index in [1.54, 1.807) is 0 Å². The molecule has 3 N–H and O–H groups in total. The van der Waals surface area contributed by atoms with Gasteiger partial charge in [-0.15, -0.1) is 0 Å². The van der Waals surface area contributed by atoms with Crippen molar-refractivity contribution >= 4 is 17.3 Å². The van der Waals surface area contributed by atoms with Gasteiger partial charge in [0.25, 0.3) is 0 Å². The van der Waals surface area contributed by atoms with Gasteiger partial charge in [0, 0.05) is 19.6 Å². The Bertz CT molecular complexity index is 165. The number of thiocarbonyl (C=S) groups is 1. The van der Waals surface area contributed by atoms with Crippen LogP contribution < -0.4 is 11.1 Å². The fourth-order valence-electron chi connectivity index (χ4n) is 1.20. The van der Waals surface area contributed by atoms with E-state index < -0.39 is 0 Å². The van der Waals surface area contributed by atoms with E-state index in [-0.39, 0.29) is 6.10 Å². The maximum absolute atomic E-state index is 5.48. The van der Waals surface area contributed by atoms with Crippen LogP contribution >= 0.6 is 12.2 Å². The highest BCUT2D eigenvalue weighted by atomic mass is 32.1. The Balaban J connectivity index is 2.18. The van der Waals surface area contributed by atoms with Gasteiger partial charge < -0.3 is 20.7 Å². The van der Waals surface area contributed by atoms with E-state index in [0.717, 1.165) is 19.7 Å². The van der Waals surface area contributed by atoms with E-state index in [4.69, 9.17) is 22.7 Å². The van der Waals surface area contributed by atoms with Crippen molar-refractivity contribution in [3.05, 3.63) is 0 Å². The molecule has 1 aliphatic rings. The van der Waals surface area contributed by atoms with Crippen LogP contribution in [0.5, 0.6) is 0 Å². The molecule has 12 heavy (non-hydrogen) atoms. The first-order valence-corrected chi connectivity index (χ1v) is 4.43. The van der Waals surface area contributed by atoms with E-state index in [1.165, 1.54) is 0 Å². The number of hydrogen-bond acceptors (Lipinski definition) is 3. The van der Waals surface area contributed by atoms with Gasteiger partial charge in [0.2, 0.25) is 0 Å². The molecule has 1 fully saturated rings. The first-order valence-electron chi connectivity index (χ1n) is 4.02. The van der Waals surface area contributed by atoms with Gasteiger partial charge in [0.15, 0.2) is 5.11 Å². The molecule has 1 rings (SSSR count). The third-order valence-corrected chi connectivity index (χ3v) is 1.99. The zero-order valence-electron chi connectivity index (χ0n) is 7.25. The Morgan fingerprint density at radius 2 is 2.58 bits per heavy atom. The van der Waals surface area contributed by atoms with Crippen molar-refractivity contribution in [1.29, 1.82) is 0 Å². The first-order chi connectivity index (χ1) is 5.68. The molecule has 0 aromatic carbocycles. The number of morpholine rings is 1. The van der Waals surface area contributed by atoms with Gasteiger partial charge in [-0.1, -0.05) is 0 Å². The highest BCUT2D eigenvalue weighted by Gasteiger charge is 2.16. The number of nitrogens with zero attached hydrogens (tertiary/aromatic N) is 1. The molecular formula is C7H15N3OS. The molecule has 1 heterocycles. The molecule has 0 aromatic rings. The monoisotopic (exact) mass is 189 g/mol. The average Bonchev–Trinajstić information content (AvgIpc) is 2.01. The van der Waals surface area contributed by atoms with Crippen LogP contribution in [0.1, 0.15) is 0 Å². The van der Waals surface area contributed by atoms with Crippen molar-refractivity contribution in [2.75, 3.05) is 33.3 Å². The van der Waals surface area contributed by atoms with E-state index in [1.807, 2.05) is 0 Å². The molecule has 70 valence electrons. The zero-order valence-corrected chi connectivity index (χ0v) is 8.06. The Kier molecular flexibility index (Phi) is 3.71. The quantitative estimate of drug-likeness (QED) is 0.554. The van der Waals surface area contributed by atoms with Crippen molar-refractivity contribution in [3.63, 3.8) is 0 Å². The molecule has 1 saturated heterocycles. The molecule has 1 atom stereocenters. The van der Waals surface area contributed by atoms with Crippen LogP contribution in [0.3, 0.4) is 0 Å². The predicted molar refractivity (Wildman–Crippen MR) is 52.0 cm³/mol.